The van der Waals surface area contributed by atoms with Crippen LogP contribution in [0.4, 0.5) is 0 Å². The molecule has 46 heavy (non-hydrogen) atoms. The summed E-state index contributed by atoms with van der Waals surface area (Å²) in [5, 5.41) is 8.76. The van der Waals surface area contributed by atoms with E-state index in [4.69, 9.17) is 9.84 Å². The zero-order chi connectivity index (χ0) is 33.6. The zero-order valence-corrected chi connectivity index (χ0v) is 30.6. The average Bonchev–Trinajstić information content (AvgIpc) is 3.04. The van der Waals surface area contributed by atoms with E-state index < -0.39 is 5.97 Å². The Morgan fingerprint density at radius 3 is 1.37 bits per heavy atom. The number of carbonyl (C=O) groups is 2. The minimum atomic E-state index is -0.695. The molecule has 0 aromatic rings. The van der Waals surface area contributed by atoms with Crippen molar-refractivity contribution in [1.82, 2.24) is 0 Å². The van der Waals surface area contributed by atoms with Crippen LogP contribution in [0.1, 0.15) is 213 Å². The Morgan fingerprint density at radius 2 is 0.848 bits per heavy atom. The standard InChI is InChI=1S/C42H76O4/c1-3-5-7-9-11-12-13-14-15-16-17-18-19-20-21-22-23-24-25-31-35-39-42(45)46-40(36-32-28-10-8-6-4-2)37-33-29-26-27-30-34-38-41(43)44/h11-12,14-15,20-21,40H,3-10,13,16-19,22-39H2,1-2H3,(H,43,44)/b12-11-,15-14-,21-20-. The Labute approximate surface area is 286 Å². The predicted molar refractivity (Wildman–Crippen MR) is 199 cm³/mol. The lowest BCUT2D eigenvalue weighted by Crippen LogP contribution is -2.18. The number of esters is 1. The minimum absolute atomic E-state index is 0.00211. The van der Waals surface area contributed by atoms with Crippen molar-refractivity contribution < 1.29 is 19.4 Å². The maximum atomic E-state index is 12.6. The van der Waals surface area contributed by atoms with Crippen molar-refractivity contribution >= 4 is 11.9 Å². The summed E-state index contributed by atoms with van der Waals surface area (Å²) in [7, 11) is 0. The number of carboxylic acid groups (broad SMARTS) is 1. The van der Waals surface area contributed by atoms with Crippen molar-refractivity contribution in [3.63, 3.8) is 0 Å². The SMILES string of the molecule is CCCCC/C=C\C/C=C\CCCC/C=C\CCCCCCCC(=O)OC(CCCCCCCC)CCCCCCCCC(=O)O. The third-order valence-corrected chi connectivity index (χ3v) is 8.83. The normalized spacial score (nSPS) is 12.6. The fourth-order valence-corrected chi connectivity index (χ4v) is 5.86. The summed E-state index contributed by atoms with van der Waals surface area (Å²) in [6.07, 6.45) is 48.9. The van der Waals surface area contributed by atoms with E-state index >= 15 is 0 Å². The molecular formula is C42H76O4. The minimum Gasteiger partial charge on any atom is -0.481 e. The lowest BCUT2D eigenvalue weighted by atomic mass is 10.0. The molecule has 0 fully saturated rings. The van der Waals surface area contributed by atoms with Crippen molar-refractivity contribution in [2.24, 2.45) is 0 Å². The number of carbonyl (C=O) groups excluding carboxylic acids is 1. The highest BCUT2D eigenvalue weighted by Gasteiger charge is 2.14. The van der Waals surface area contributed by atoms with Crippen molar-refractivity contribution in [1.29, 1.82) is 0 Å². The first kappa shape index (κ1) is 44.2. The van der Waals surface area contributed by atoms with Crippen LogP contribution in [0, 0.1) is 0 Å². The summed E-state index contributed by atoms with van der Waals surface area (Å²) < 4.78 is 5.97. The number of allylic oxidation sites excluding steroid dienone is 6. The van der Waals surface area contributed by atoms with Crippen molar-refractivity contribution in [2.75, 3.05) is 0 Å². The molecule has 0 aromatic heterocycles. The van der Waals surface area contributed by atoms with E-state index in [-0.39, 0.29) is 18.5 Å². The third-order valence-electron chi connectivity index (χ3n) is 8.83. The van der Waals surface area contributed by atoms with E-state index in [0.717, 1.165) is 77.0 Å². The summed E-state index contributed by atoms with van der Waals surface area (Å²) in [4.78, 5) is 23.2. The Hall–Kier alpha value is -1.84. The van der Waals surface area contributed by atoms with Gasteiger partial charge in [-0.25, -0.2) is 0 Å². The number of rotatable bonds is 36. The summed E-state index contributed by atoms with van der Waals surface area (Å²) in [5.41, 5.74) is 0. The molecule has 0 aliphatic carbocycles. The number of aliphatic carboxylic acids is 1. The van der Waals surface area contributed by atoms with Crippen molar-refractivity contribution in [2.45, 2.75) is 219 Å². The highest BCUT2D eigenvalue weighted by atomic mass is 16.5. The number of hydrogen-bond acceptors (Lipinski definition) is 3. The molecule has 0 saturated carbocycles. The molecule has 1 unspecified atom stereocenters. The maximum absolute atomic E-state index is 12.6. The van der Waals surface area contributed by atoms with Gasteiger partial charge < -0.3 is 9.84 Å². The first-order chi connectivity index (χ1) is 22.6. The summed E-state index contributed by atoms with van der Waals surface area (Å²) in [6.45, 7) is 4.50. The van der Waals surface area contributed by atoms with Crippen LogP contribution >= 0.6 is 0 Å². The molecule has 0 rings (SSSR count). The van der Waals surface area contributed by atoms with Gasteiger partial charge in [0.05, 0.1) is 0 Å². The lowest BCUT2D eigenvalue weighted by Gasteiger charge is -2.18. The smallest absolute Gasteiger partial charge is 0.306 e. The van der Waals surface area contributed by atoms with Gasteiger partial charge in [0, 0.05) is 12.8 Å². The second-order valence-corrected chi connectivity index (χ2v) is 13.5. The molecule has 0 aliphatic heterocycles. The fourth-order valence-electron chi connectivity index (χ4n) is 5.86. The average molecular weight is 645 g/mol. The Balaban J connectivity index is 3.86. The van der Waals surface area contributed by atoms with Gasteiger partial charge in [-0.15, -0.1) is 0 Å². The van der Waals surface area contributed by atoms with Gasteiger partial charge in [-0.1, -0.05) is 140 Å². The quantitative estimate of drug-likeness (QED) is 0.0419. The second kappa shape index (κ2) is 37.6. The van der Waals surface area contributed by atoms with Crippen LogP contribution < -0.4 is 0 Å². The Bertz CT molecular complexity index is 738. The Kier molecular flexibility index (Phi) is 36.1. The topological polar surface area (TPSA) is 63.6 Å². The molecule has 4 heteroatoms. The highest BCUT2D eigenvalue weighted by molar-refractivity contribution is 5.69. The van der Waals surface area contributed by atoms with Crippen LogP contribution in [-0.2, 0) is 14.3 Å². The molecular weight excluding hydrogens is 568 g/mol. The number of carboxylic acids is 1. The van der Waals surface area contributed by atoms with Gasteiger partial charge in [0.2, 0.25) is 0 Å². The first-order valence-electron chi connectivity index (χ1n) is 20.0. The number of ether oxygens (including phenoxy) is 1. The lowest BCUT2D eigenvalue weighted by molar-refractivity contribution is -0.150. The molecule has 0 bridgehead atoms. The van der Waals surface area contributed by atoms with E-state index in [1.54, 1.807) is 0 Å². The van der Waals surface area contributed by atoms with Crippen LogP contribution in [-0.4, -0.2) is 23.1 Å². The zero-order valence-electron chi connectivity index (χ0n) is 30.6. The van der Waals surface area contributed by atoms with E-state index in [1.165, 1.54) is 109 Å². The molecule has 0 aromatic carbocycles. The number of hydrogen-bond donors (Lipinski definition) is 1. The molecule has 0 aliphatic rings. The Morgan fingerprint density at radius 1 is 0.478 bits per heavy atom. The van der Waals surface area contributed by atoms with E-state index in [0.29, 0.717) is 6.42 Å². The molecule has 1 atom stereocenters. The first-order valence-corrected chi connectivity index (χ1v) is 20.0. The molecule has 0 saturated heterocycles. The summed E-state index contributed by atoms with van der Waals surface area (Å²) in [6, 6.07) is 0. The van der Waals surface area contributed by atoms with E-state index in [9.17, 15) is 9.59 Å². The van der Waals surface area contributed by atoms with Crippen LogP contribution in [0.3, 0.4) is 0 Å². The van der Waals surface area contributed by atoms with Gasteiger partial charge in [0.25, 0.3) is 0 Å². The monoisotopic (exact) mass is 645 g/mol. The van der Waals surface area contributed by atoms with E-state index in [1.807, 2.05) is 0 Å². The molecule has 268 valence electrons. The van der Waals surface area contributed by atoms with Gasteiger partial charge in [0.15, 0.2) is 0 Å². The van der Waals surface area contributed by atoms with Crippen LogP contribution in [0.5, 0.6) is 0 Å². The third kappa shape index (κ3) is 36.6. The van der Waals surface area contributed by atoms with Gasteiger partial charge in [-0.3, -0.25) is 9.59 Å². The molecule has 0 amide bonds. The second-order valence-electron chi connectivity index (χ2n) is 13.5. The van der Waals surface area contributed by atoms with Crippen molar-refractivity contribution in [3.8, 4) is 0 Å². The molecule has 0 heterocycles. The fraction of sp³-hybridized carbons (Fsp3) is 0.810. The van der Waals surface area contributed by atoms with Gasteiger partial charge >= 0.3 is 11.9 Å². The van der Waals surface area contributed by atoms with Crippen LogP contribution in [0.15, 0.2) is 36.5 Å². The maximum Gasteiger partial charge on any atom is 0.306 e. The van der Waals surface area contributed by atoms with Crippen LogP contribution in [0.2, 0.25) is 0 Å². The van der Waals surface area contributed by atoms with Gasteiger partial charge in [-0.05, 0) is 96.3 Å². The summed E-state index contributed by atoms with van der Waals surface area (Å²) in [5.74, 6) is -0.697. The van der Waals surface area contributed by atoms with Gasteiger partial charge in [0.1, 0.15) is 6.10 Å². The number of unbranched alkanes of at least 4 members (excludes halogenated alkanes) is 21. The molecule has 0 spiro atoms. The van der Waals surface area contributed by atoms with Gasteiger partial charge in [-0.2, -0.15) is 0 Å². The largest absolute Gasteiger partial charge is 0.481 e. The molecule has 0 radical (unpaired) electrons. The van der Waals surface area contributed by atoms with Crippen molar-refractivity contribution in [3.05, 3.63) is 36.5 Å². The molecule has 4 nitrogen and oxygen atoms in total. The summed E-state index contributed by atoms with van der Waals surface area (Å²) >= 11 is 0. The van der Waals surface area contributed by atoms with E-state index in [2.05, 4.69) is 50.3 Å². The molecule has 1 N–H and O–H groups in total. The predicted octanol–water partition coefficient (Wildman–Crippen LogP) is 13.8. The highest BCUT2D eigenvalue weighted by Crippen LogP contribution is 2.18. The van der Waals surface area contributed by atoms with Crippen LogP contribution in [0.25, 0.3) is 0 Å².